The van der Waals surface area contributed by atoms with Crippen LogP contribution in [-0.2, 0) is 4.74 Å². The normalized spacial score (nSPS) is 22.7. The maximum atomic E-state index is 9.88. The van der Waals surface area contributed by atoms with E-state index in [0.29, 0.717) is 18.6 Å². The van der Waals surface area contributed by atoms with Crippen molar-refractivity contribution in [2.75, 3.05) is 20.2 Å². The van der Waals surface area contributed by atoms with E-state index in [1.807, 2.05) is 0 Å². The van der Waals surface area contributed by atoms with Gasteiger partial charge in [0.25, 0.3) is 0 Å². The molecule has 2 N–H and O–H groups in total. The van der Waals surface area contributed by atoms with Crippen molar-refractivity contribution in [1.82, 2.24) is 5.32 Å². The second kappa shape index (κ2) is 3.24. The highest BCUT2D eigenvalue weighted by atomic mass is 16.5. The quantitative estimate of drug-likeness (QED) is 0.565. The van der Waals surface area contributed by atoms with Gasteiger partial charge in [0, 0.05) is 0 Å². The summed E-state index contributed by atoms with van der Waals surface area (Å²) in [6.45, 7) is 5.33. The van der Waals surface area contributed by atoms with Gasteiger partial charge in [-0.05, 0) is 25.9 Å². The van der Waals surface area contributed by atoms with Crippen LogP contribution >= 0.6 is 0 Å². The Bertz CT molecular complexity index is 150. The molecule has 1 saturated heterocycles. The van der Waals surface area contributed by atoms with E-state index in [1.165, 1.54) is 0 Å². The molecule has 0 bridgehead atoms. The zero-order valence-electron chi connectivity index (χ0n) is 6.89. The first kappa shape index (κ1) is 8.56. The molecule has 1 rings (SSSR count). The number of methoxy groups -OCH3 is 1. The Hall–Kier alpha value is -0.540. The van der Waals surface area contributed by atoms with E-state index in [-0.39, 0.29) is 0 Å². The summed E-state index contributed by atoms with van der Waals surface area (Å²) in [7, 11) is 1.54. The molecule has 0 aromatic heterocycles. The average Bonchev–Trinajstić information content (AvgIpc) is 2.04. The first-order valence-corrected chi connectivity index (χ1v) is 3.85. The van der Waals surface area contributed by atoms with Crippen LogP contribution in [0, 0.1) is 0 Å². The third-order valence-electron chi connectivity index (χ3n) is 2.20. The van der Waals surface area contributed by atoms with Gasteiger partial charge in [-0.2, -0.15) is 0 Å². The van der Waals surface area contributed by atoms with Crippen LogP contribution in [0.4, 0.5) is 0 Å². The highest BCUT2D eigenvalue weighted by molar-refractivity contribution is 5.07. The Kier molecular flexibility index (Phi) is 2.52. The Labute approximate surface area is 67.1 Å². The van der Waals surface area contributed by atoms with E-state index in [2.05, 4.69) is 11.9 Å². The van der Waals surface area contributed by atoms with Gasteiger partial charge in [-0.3, -0.25) is 0 Å². The average molecular weight is 157 g/mol. The van der Waals surface area contributed by atoms with E-state index in [4.69, 9.17) is 4.74 Å². The molecule has 0 radical (unpaired) electrons. The third-order valence-corrected chi connectivity index (χ3v) is 2.20. The number of hydrogen-bond donors (Lipinski definition) is 2. The summed E-state index contributed by atoms with van der Waals surface area (Å²) in [6, 6.07) is 0. The molecule has 3 heteroatoms. The van der Waals surface area contributed by atoms with Gasteiger partial charge < -0.3 is 15.2 Å². The summed E-state index contributed by atoms with van der Waals surface area (Å²) < 4.78 is 4.92. The molecule has 0 spiro atoms. The molecule has 1 fully saturated rings. The standard InChI is InChI=1S/C8H15NO2/c1-7(11-2)8(10)3-5-9-6-4-8/h9-10H,1,3-6H2,2H3. The fourth-order valence-corrected chi connectivity index (χ4v) is 1.31. The van der Waals surface area contributed by atoms with E-state index in [9.17, 15) is 5.11 Å². The predicted molar refractivity (Wildman–Crippen MR) is 43.2 cm³/mol. The van der Waals surface area contributed by atoms with Crippen LogP contribution in [0.3, 0.4) is 0 Å². The van der Waals surface area contributed by atoms with Crippen molar-refractivity contribution in [1.29, 1.82) is 0 Å². The third kappa shape index (κ3) is 1.73. The SMILES string of the molecule is C=C(OC)C1(O)CCNCC1. The van der Waals surface area contributed by atoms with Crippen molar-refractivity contribution in [3.63, 3.8) is 0 Å². The first-order valence-electron chi connectivity index (χ1n) is 3.85. The minimum absolute atomic E-state index is 0.485. The maximum absolute atomic E-state index is 9.88. The molecule has 0 aromatic carbocycles. The molecular weight excluding hydrogens is 142 g/mol. The number of ether oxygens (including phenoxy) is 1. The van der Waals surface area contributed by atoms with Gasteiger partial charge in [0.2, 0.25) is 0 Å². The Balaban J connectivity index is 2.56. The molecule has 0 unspecified atom stereocenters. The molecule has 3 nitrogen and oxygen atoms in total. The second-order valence-corrected chi connectivity index (χ2v) is 2.91. The summed E-state index contributed by atoms with van der Waals surface area (Å²) >= 11 is 0. The smallest absolute Gasteiger partial charge is 0.123 e. The lowest BCUT2D eigenvalue weighted by atomic mass is 9.91. The molecule has 0 amide bonds. The molecule has 1 heterocycles. The predicted octanol–water partition coefficient (Wildman–Crippen LogP) is 0.261. The second-order valence-electron chi connectivity index (χ2n) is 2.91. The molecule has 11 heavy (non-hydrogen) atoms. The zero-order chi connectivity index (χ0) is 8.32. The van der Waals surface area contributed by atoms with Crippen LogP contribution in [0.15, 0.2) is 12.3 Å². The van der Waals surface area contributed by atoms with E-state index in [1.54, 1.807) is 7.11 Å². The Morgan fingerprint density at radius 3 is 2.55 bits per heavy atom. The molecular formula is C8H15NO2. The van der Waals surface area contributed by atoms with Crippen molar-refractivity contribution in [3.05, 3.63) is 12.3 Å². The molecule has 1 aliphatic rings. The largest absolute Gasteiger partial charge is 0.499 e. The van der Waals surface area contributed by atoms with E-state index >= 15 is 0 Å². The van der Waals surface area contributed by atoms with Gasteiger partial charge in [-0.1, -0.05) is 6.58 Å². The molecule has 0 aliphatic carbocycles. The van der Waals surface area contributed by atoms with Crippen LogP contribution in [-0.4, -0.2) is 30.9 Å². The van der Waals surface area contributed by atoms with Crippen molar-refractivity contribution in [2.24, 2.45) is 0 Å². The Morgan fingerprint density at radius 2 is 2.09 bits per heavy atom. The number of aliphatic hydroxyl groups is 1. The molecule has 0 aromatic rings. The van der Waals surface area contributed by atoms with Crippen molar-refractivity contribution >= 4 is 0 Å². The topological polar surface area (TPSA) is 41.5 Å². The monoisotopic (exact) mass is 157 g/mol. The fraction of sp³-hybridized carbons (Fsp3) is 0.750. The number of piperidine rings is 1. The molecule has 0 atom stereocenters. The lowest BCUT2D eigenvalue weighted by molar-refractivity contribution is -0.00104. The Morgan fingerprint density at radius 1 is 1.55 bits per heavy atom. The van der Waals surface area contributed by atoms with Crippen molar-refractivity contribution in [2.45, 2.75) is 18.4 Å². The summed E-state index contributed by atoms with van der Waals surface area (Å²) in [6.07, 6.45) is 1.39. The summed E-state index contributed by atoms with van der Waals surface area (Å²) in [5.74, 6) is 0.485. The summed E-state index contributed by atoms with van der Waals surface area (Å²) in [4.78, 5) is 0. The van der Waals surface area contributed by atoms with E-state index < -0.39 is 5.60 Å². The number of rotatable bonds is 2. The van der Waals surface area contributed by atoms with Crippen molar-refractivity contribution < 1.29 is 9.84 Å². The lowest BCUT2D eigenvalue weighted by Gasteiger charge is -2.32. The summed E-state index contributed by atoms with van der Waals surface area (Å²) in [5.41, 5.74) is -0.792. The fourth-order valence-electron chi connectivity index (χ4n) is 1.31. The van der Waals surface area contributed by atoms with Crippen LogP contribution < -0.4 is 5.32 Å². The van der Waals surface area contributed by atoms with Gasteiger partial charge in [0.15, 0.2) is 0 Å². The molecule has 0 saturated carbocycles. The summed E-state index contributed by atoms with van der Waals surface area (Å²) in [5, 5.41) is 13.0. The van der Waals surface area contributed by atoms with Crippen LogP contribution in [0.1, 0.15) is 12.8 Å². The van der Waals surface area contributed by atoms with Gasteiger partial charge in [0.1, 0.15) is 11.4 Å². The van der Waals surface area contributed by atoms with Gasteiger partial charge in [-0.25, -0.2) is 0 Å². The van der Waals surface area contributed by atoms with Gasteiger partial charge in [-0.15, -0.1) is 0 Å². The number of nitrogens with one attached hydrogen (secondary N) is 1. The minimum atomic E-state index is -0.792. The van der Waals surface area contributed by atoms with Crippen LogP contribution in [0.25, 0.3) is 0 Å². The highest BCUT2D eigenvalue weighted by Crippen LogP contribution is 2.25. The minimum Gasteiger partial charge on any atom is -0.499 e. The van der Waals surface area contributed by atoms with Gasteiger partial charge >= 0.3 is 0 Å². The van der Waals surface area contributed by atoms with Crippen LogP contribution in [0.5, 0.6) is 0 Å². The molecule has 64 valence electrons. The lowest BCUT2D eigenvalue weighted by Crippen LogP contribution is -2.43. The van der Waals surface area contributed by atoms with Crippen LogP contribution in [0.2, 0.25) is 0 Å². The van der Waals surface area contributed by atoms with Crippen molar-refractivity contribution in [3.8, 4) is 0 Å². The zero-order valence-corrected chi connectivity index (χ0v) is 6.89. The maximum Gasteiger partial charge on any atom is 0.123 e. The number of hydrogen-bond acceptors (Lipinski definition) is 3. The first-order chi connectivity index (χ1) is 5.19. The highest BCUT2D eigenvalue weighted by Gasteiger charge is 2.32. The van der Waals surface area contributed by atoms with E-state index in [0.717, 1.165) is 13.1 Å². The van der Waals surface area contributed by atoms with Gasteiger partial charge in [0.05, 0.1) is 7.11 Å². The molecule has 1 aliphatic heterocycles.